The van der Waals surface area contributed by atoms with Gasteiger partial charge in [0.2, 0.25) is 6.10 Å². The summed E-state index contributed by atoms with van der Waals surface area (Å²) in [5.41, 5.74) is 0. The first-order valence-electron chi connectivity index (χ1n) is 1.69. The molecule has 0 aliphatic heterocycles. The van der Waals surface area contributed by atoms with E-state index in [-0.39, 0.29) is 20.3 Å². The van der Waals surface area contributed by atoms with Gasteiger partial charge in [-0.15, -0.1) is 0 Å². The smallest absolute Gasteiger partial charge is 1.00 e. The zero-order valence-corrected chi connectivity index (χ0v) is 4.74. The van der Waals surface area contributed by atoms with Crippen LogP contribution in [0, 0.1) is 0 Å². The van der Waals surface area contributed by atoms with E-state index in [1.165, 1.54) is 0 Å². The van der Waals surface area contributed by atoms with Crippen molar-refractivity contribution in [3.8, 4) is 0 Å². The standard InChI is InChI=1S/C3H4O5.Li.H/c4-1(2(5)6)3(7)8;;/h1,4H,(H,5,6)(H,7,8);;/q;+1;-1. The Kier molecular flexibility index (Phi) is 5.51. The van der Waals surface area contributed by atoms with E-state index in [0.717, 1.165) is 0 Å². The van der Waals surface area contributed by atoms with Crippen molar-refractivity contribution in [2.45, 2.75) is 6.10 Å². The summed E-state index contributed by atoms with van der Waals surface area (Å²) in [6, 6.07) is 0. The summed E-state index contributed by atoms with van der Waals surface area (Å²) >= 11 is 0. The maximum atomic E-state index is 9.51. The van der Waals surface area contributed by atoms with Gasteiger partial charge in [-0.3, -0.25) is 0 Å². The van der Waals surface area contributed by atoms with E-state index < -0.39 is 18.0 Å². The molecule has 0 saturated heterocycles. The van der Waals surface area contributed by atoms with Gasteiger partial charge in [-0.1, -0.05) is 0 Å². The number of rotatable bonds is 2. The maximum Gasteiger partial charge on any atom is 1.00 e. The number of hydrogen-bond donors (Lipinski definition) is 3. The minimum Gasteiger partial charge on any atom is -1.00 e. The summed E-state index contributed by atoms with van der Waals surface area (Å²) < 4.78 is 0. The van der Waals surface area contributed by atoms with Crippen LogP contribution in [0.5, 0.6) is 0 Å². The number of carbonyl (C=O) groups is 2. The minimum atomic E-state index is -2.30. The molecule has 48 valence electrons. The number of aliphatic hydroxyl groups excluding tert-OH is 1. The van der Waals surface area contributed by atoms with E-state index in [4.69, 9.17) is 15.3 Å². The zero-order chi connectivity index (χ0) is 6.73. The van der Waals surface area contributed by atoms with Crippen molar-refractivity contribution in [3.05, 3.63) is 0 Å². The van der Waals surface area contributed by atoms with Crippen LogP contribution in [0.2, 0.25) is 0 Å². The molecular weight excluding hydrogens is 123 g/mol. The van der Waals surface area contributed by atoms with E-state index >= 15 is 0 Å². The van der Waals surface area contributed by atoms with Crippen molar-refractivity contribution in [2.75, 3.05) is 0 Å². The number of aliphatic hydroxyl groups is 1. The monoisotopic (exact) mass is 128 g/mol. The van der Waals surface area contributed by atoms with Gasteiger partial charge in [-0.25, -0.2) is 9.59 Å². The molecule has 0 fully saturated rings. The molecule has 0 aromatic rings. The molecule has 0 amide bonds. The second-order valence-electron chi connectivity index (χ2n) is 1.08. The molecule has 0 rings (SSSR count). The quantitative estimate of drug-likeness (QED) is 0.258. The van der Waals surface area contributed by atoms with Gasteiger partial charge in [0.05, 0.1) is 0 Å². The molecule has 0 heterocycles. The first kappa shape index (κ1) is 11.3. The molecule has 0 aliphatic rings. The van der Waals surface area contributed by atoms with Crippen LogP contribution in [0.1, 0.15) is 1.43 Å². The van der Waals surface area contributed by atoms with Crippen molar-refractivity contribution in [1.29, 1.82) is 0 Å². The van der Waals surface area contributed by atoms with Gasteiger partial charge in [-0.2, -0.15) is 0 Å². The topological polar surface area (TPSA) is 94.8 Å². The van der Waals surface area contributed by atoms with Gasteiger partial charge in [-0.05, 0) is 0 Å². The van der Waals surface area contributed by atoms with Crippen LogP contribution < -0.4 is 18.9 Å². The number of aliphatic carboxylic acids is 2. The van der Waals surface area contributed by atoms with Gasteiger partial charge < -0.3 is 16.7 Å². The Bertz CT molecular complexity index is 112. The Morgan fingerprint density at radius 1 is 1.22 bits per heavy atom. The molecular formula is C3H5LiO5. The van der Waals surface area contributed by atoms with Crippen molar-refractivity contribution < 1.29 is 45.2 Å². The van der Waals surface area contributed by atoms with Crippen LogP contribution >= 0.6 is 0 Å². The second kappa shape index (κ2) is 4.38. The van der Waals surface area contributed by atoms with E-state index in [2.05, 4.69) is 0 Å². The van der Waals surface area contributed by atoms with Crippen LogP contribution in [0.3, 0.4) is 0 Å². The largest absolute Gasteiger partial charge is 1.00 e. The van der Waals surface area contributed by atoms with E-state index in [0.29, 0.717) is 0 Å². The summed E-state index contributed by atoms with van der Waals surface area (Å²) in [6.07, 6.45) is -2.30. The summed E-state index contributed by atoms with van der Waals surface area (Å²) in [4.78, 5) is 19.0. The summed E-state index contributed by atoms with van der Waals surface area (Å²) in [7, 11) is 0. The SMILES string of the molecule is O=C(O)C(O)C(=O)O.[H-].[Li+]. The Labute approximate surface area is 64.0 Å². The molecule has 3 N–H and O–H groups in total. The Morgan fingerprint density at radius 3 is 1.44 bits per heavy atom. The molecule has 6 heteroatoms. The average Bonchev–Trinajstić information content (AvgIpc) is 1.64. The second-order valence-corrected chi connectivity index (χ2v) is 1.08. The molecule has 0 bridgehead atoms. The molecule has 0 aliphatic carbocycles. The number of carboxylic acids is 2. The van der Waals surface area contributed by atoms with Gasteiger partial charge >= 0.3 is 30.8 Å². The third kappa shape index (κ3) is 4.03. The van der Waals surface area contributed by atoms with Gasteiger partial charge in [0.15, 0.2) is 0 Å². The molecule has 0 atom stereocenters. The van der Waals surface area contributed by atoms with Crippen molar-refractivity contribution in [2.24, 2.45) is 0 Å². The van der Waals surface area contributed by atoms with E-state index in [1.54, 1.807) is 0 Å². The summed E-state index contributed by atoms with van der Waals surface area (Å²) in [6.45, 7) is 0. The zero-order valence-electron chi connectivity index (χ0n) is 5.74. The van der Waals surface area contributed by atoms with E-state index in [9.17, 15) is 9.59 Å². The fourth-order valence-electron chi connectivity index (χ4n) is 0.106. The summed E-state index contributed by atoms with van der Waals surface area (Å²) in [5.74, 6) is -3.50. The van der Waals surface area contributed by atoms with Crippen molar-refractivity contribution in [1.82, 2.24) is 0 Å². The van der Waals surface area contributed by atoms with Crippen LogP contribution in [-0.4, -0.2) is 33.4 Å². The Morgan fingerprint density at radius 2 is 1.44 bits per heavy atom. The van der Waals surface area contributed by atoms with Crippen molar-refractivity contribution in [3.63, 3.8) is 0 Å². The summed E-state index contributed by atoms with van der Waals surface area (Å²) in [5, 5.41) is 23.4. The van der Waals surface area contributed by atoms with Gasteiger partial charge in [0, 0.05) is 0 Å². The predicted molar refractivity (Wildman–Crippen MR) is 22.4 cm³/mol. The minimum absolute atomic E-state index is 0. The molecule has 0 radical (unpaired) electrons. The van der Waals surface area contributed by atoms with Crippen LogP contribution in [0.25, 0.3) is 0 Å². The first-order chi connectivity index (χ1) is 3.55. The predicted octanol–water partition coefficient (Wildman–Crippen LogP) is -4.37. The molecule has 0 unspecified atom stereocenters. The number of hydrogen-bond acceptors (Lipinski definition) is 3. The van der Waals surface area contributed by atoms with Crippen LogP contribution in [0.15, 0.2) is 0 Å². The fraction of sp³-hybridized carbons (Fsp3) is 0.333. The van der Waals surface area contributed by atoms with Gasteiger partial charge in [0.1, 0.15) is 0 Å². The fourth-order valence-corrected chi connectivity index (χ4v) is 0.106. The van der Waals surface area contributed by atoms with Crippen LogP contribution in [-0.2, 0) is 9.59 Å². The molecule has 5 nitrogen and oxygen atoms in total. The molecule has 0 aromatic heterocycles. The normalized spacial score (nSPS) is 8.22. The maximum absolute atomic E-state index is 9.51. The average molecular weight is 128 g/mol. The third-order valence-corrected chi connectivity index (χ3v) is 0.468. The Hall–Kier alpha value is -0.503. The molecule has 0 spiro atoms. The molecule has 9 heavy (non-hydrogen) atoms. The Balaban J connectivity index is -0.000000245. The third-order valence-electron chi connectivity index (χ3n) is 0.468. The first-order valence-corrected chi connectivity index (χ1v) is 1.69. The van der Waals surface area contributed by atoms with E-state index in [1.807, 2.05) is 0 Å². The molecule has 0 saturated carbocycles. The number of carboxylic acid groups (broad SMARTS) is 2. The van der Waals surface area contributed by atoms with Crippen LogP contribution in [0.4, 0.5) is 0 Å². The van der Waals surface area contributed by atoms with Crippen molar-refractivity contribution >= 4 is 11.9 Å². The van der Waals surface area contributed by atoms with Gasteiger partial charge in [0.25, 0.3) is 0 Å². The molecule has 0 aromatic carbocycles.